The predicted molar refractivity (Wildman–Crippen MR) is 101 cm³/mol. The van der Waals surface area contributed by atoms with E-state index in [9.17, 15) is 9.59 Å². The number of ether oxygens (including phenoxy) is 1. The highest BCUT2D eigenvalue weighted by Crippen LogP contribution is 2.28. The van der Waals surface area contributed by atoms with Gasteiger partial charge in [-0.15, -0.1) is 0 Å². The summed E-state index contributed by atoms with van der Waals surface area (Å²) in [4.78, 5) is 31.9. The van der Waals surface area contributed by atoms with Crippen molar-refractivity contribution < 1.29 is 18.7 Å². The van der Waals surface area contributed by atoms with Crippen LogP contribution in [0.15, 0.2) is 28.6 Å². The van der Waals surface area contributed by atoms with Gasteiger partial charge in [0.2, 0.25) is 0 Å². The number of aromatic nitrogens is 4. The molecule has 1 saturated carbocycles. The van der Waals surface area contributed by atoms with E-state index in [1.807, 2.05) is 0 Å². The molecule has 0 atom stereocenters. The van der Waals surface area contributed by atoms with Gasteiger partial charge in [0.1, 0.15) is 17.3 Å². The summed E-state index contributed by atoms with van der Waals surface area (Å²) in [6.45, 7) is 0. The largest absolute Gasteiger partial charge is 0.479 e. The predicted octanol–water partition coefficient (Wildman–Crippen LogP) is 1.22. The summed E-state index contributed by atoms with van der Waals surface area (Å²) in [5.41, 5.74) is 1.17. The summed E-state index contributed by atoms with van der Waals surface area (Å²) in [7, 11) is 1.49. The average Bonchev–Trinajstić information content (AvgIpc) is 3.09. The molecule has 12 heteroatoms. The second-order valence-electron chi connectivity index (χ2n) is 6.57. The van der Waals surface area contributed by atoms with Crippen molar-refractivity contribution >= 4 is 41.3 Å². The molecule has 0 spiro atoms. The molecule has 4 N–H and O–H groups in total. The number of rotatable bonds is 6. The van der Waals surface area contributed by atoms with Gasteiger partial charge in [-0.25, -0.2) is 9.78 Å². The Labute approximate surface area is 163 Å². The van der Waals surface area contributed by atoms with E-state index in [1.54, 1.807) is 16.8 Å². The van der Waals surface area contributed by atoms with Crippen LogP contribution in [0.25, 0.3) is 11.7 Å². The Morgan fingerprint density at radius 1 is 1.31 bits per heavy atom. The third-order valence-corrected chi connectivity index (χ3v) is 4.38. The first-order valence-corrected chi connectivity index (χ1v) is 8.85. The Morgan fingerprint density at radius 3 is 2.86 bits per heavy atom. The van der Waals surface area contributed by atoms with Crippen LogP contribution in [-0.2, 0) is 4.79 Å². The van der Waals surface area contributed by atoms with Gasteiger partial charge in [-0.3, -0.25) is 15.4 Å². The van der Waals surface area contributed by atoms with Crippen molar-refractivity contribution in [2.45, 2.75) is 18.9 Å². The molecule has 4 heterocycles. The number of urea groups is 1. The number of carbonyl (C=O) groups excluding carboxylic acids is 2. The fourth-order valence-corrected chi connectivity index (χ4v) is 2.84. The summed E-state index contributed by atoms with van der Waals surface area (Å²) in [5.74, 6) is 1.02. The van der Waals surface area contributed by atoms with Gasteiger partial charge in [-0.1, -0.05) is 0 Å². The van der Waals surface area contributed by atoms with Crippen molar-refractivity contribution in [3.05, 3.63) is 29.8 Å². The molecule has 3 aromatic heterocycles. The highest BCUT2D eigenvalue weighted by Gasteiger charge is 2.25. The van der Waals surface area contributed by atoms with Gasteiger partial charge >= 0.3 is 12.0 Å². The Kier molecular flexibility index (Phi) is 3.82. The minimum absolute atomic E-state index is 0.124. The standard InChI is InChI=1S/C17H16N8O4/c1-28-13-7-29-17(23-13)22-11-5-12(19-9-2-3-9)25-14(21-11)8(6-18-25)4-10-15(26)24-16(27)20-10/h4-7,9,19H,2-3H2,1H3,(H,21,22,23)(H2,20,24,26,27)/b10-4-. The molecule has 3 aromatic rings. The molecule has 148 valence electrons. The number of anilines is 3. The highest BCUT2D eigenvalue weighted by atomic mass is 16.5. The lowest BCUT2D eigenvalue weighted by atomic mass is 10.2. The zero-order chi connectivity index (χ0) is 20.0. The molecule has 5 rings (SSSR count). The number of amides is 3. The number of fused-ring (bicyclic) bond motifs is 1. The van der Waals surface area contributed by atoms with Gasteiger partial charge in [0.05, 0.1) is 13.3 Å². The number of methoxy groups -OCH3 is 1. The first kappa shape index (κ1) is 17.0. The van der Waals surface area contributed by atoms with Gasteiger partial charge in [0.25, 0.3) is 11.8 Å². The van der Waals surface area contributed by atoms with Crippen LogP contribution in [0, 0.1) is 0 Å². The molecule has 1 saturated heterocycles. The molecule has 12 nitrogen and oxygen atoms in total. The van der Waals surface area contributed by atoms with Crippen LogP contribution < -0.4 is 26.0 Å². The number of hydrogen-bond donors (Lipinski definition) is 4. The van der Waals surface area contributed by atoms with E-state index in [1.165, 1.54) is 19.4 Å². The van der Waals surface area contributed by atoms with Crippen LogP contribution in [0.2, 0.25) is 0 Å². The van der Waals surface area contributed by atoms with Crippen molar-refractivity contribution in [2.75, 3.05) is 17.7 Å². The lowest BCUT2D eigenvalue weighted by Crippen LogP contribution is -2.22. The molecule has 29 heavy (non-hydrogen) atoms. The summed E-state index contributed by atoms with van der Waals surface area (Å²) in [6, 6.07) is 1.82. The smallest absolute Gasteiger partial charge is 0.326 e. The Balaban J connectivity index is 1.55. The molecule has 2 fully saturated rings. The lowest BCUT2D eigenvalue weighted by molar-refractivity contribution is -0.115. The van der Waals surface area contributed by atoms with Crippen LogP contribution >= 0.6 is 0 Å². The van der Waals surface area contributed by atoms with Crippen molar-refractivity contribution in [1.82, 2.24) is 30.2 Å². The monoisotopic (exact) mass is 396 g/mol. The molecule has 0 bridgehead atoms. The van der Waals surface area contributed by atoms with E-state index >= 15 is 0 Å². The maximum absolute atomic E-state index is 11.8. The lowest BCUT2D eigenvalue weighted by Gasteiger charge is -2.10. The van der Waals surface area contributed by atoms with Crippen LogP contribution in [0.1, 0.15) is 18.4 Å². The number of imide groups is 1. The fraction of sp³-hybridized carbons (Fsp3) is 0.235. The number of carbonyl (C=O) groups is 2. The quantitative estimate of drug-likeness (QED) is 0.356. The summed E-state index contributed by atoms with van der Waals surface area (Å²) in [5, 5.41) is 15.4. The van der Waals surface area contributed by atoms with Crippen molar-refractivity contribution in [1.29, 1.82) is 0 Å². The minimum atomic E-state index is -0.568. The zero-order valence-corrected chi connectivity index (χ0v) is 15.2. The third-order valence-electron chi connectivity index (χ3n) is 4.38. The third kappa shape index (κ3) is 3.31. The van der Waals surface area contributed by atoms with Crippen molar-refractivity contribution in [2.24, 2.45) is 0 Å². The molecule has 0 aromatic carbocycles. The maximum atomic E-state index is 11.8. The SMILES string of the molecule is COc1coc(Nc2cc(NC3CC3)n3ncc(/C=C4\NC(=O)NC4=O)c3n2)n1. The van der Waals surface area contributed by atoms with Gasteiger partial charge in [-0.05, 0) is 18.9 Å². The van der Waals surface area contributed by atoms with E-state index in [4.69, 9.17) is 9.15 Å². The van der Waals surface area contributed by atoms with Gasteiger partial charge < -0.3 is 19.8 Å². The molecular weight excluding hydrogens is 380 g/mol. The second kappa shape index (κ2) is 6.51. The van der Waals surface area contributed by atoms with E-state index in [0.29, 0.717) is 29.0 Å². The Bertz CT molecular complexity index is 1160. The normalized spacial score (nSPS) is 17.5. The average molecular weight is 396 g/mol. The Hall–Kier alpha value is -4.09. The summed E-state index contributed by atoms with van der Waals surface area (Å²) in [6.07, 6.45) is 6.62. The van der Waals surface area contributed by atoms with Crippen LogP contribution in [0.3, 0.4) is 0 Å². The van der Waals surface area contributed by atoms with Crippen molar-refractivity contribution in [3.8, 4) is 5.88 Å². The molecule has 2 aliphatic rings. The molecule has 1 aliphatic heterocycles. The van der Waals surface area contributed by atoms with E-state index in [0.717, 1.165) is 18.7 Å². The second-order valence-corrected chi connectivity index (χ2v) is 6.57. The minimum Gasteiger partial charge on any atom is -0.479 e. The zero-order valence-electron chi connectivity index (χ0n) is 15.2. The Morgan fingerprint density at radius 2 is 2.17 bits per heavy atom. The van der Waals surface area contributed by atoms with E-state index < -0.39 is 11.9 Å². The summed E-state index contributed by atoms with van der Waals surface area (Å²) >= 11 is 0. The van der Waals surface area contributed by atoms with Crippen LogP contribution in [0.4, 0.5) is 22.4 Å². The van der Waals surface area contributed by atoms with Gasteiger partial charge in [0, 0.05) is 17.7 Å². The number of oxazole rings is 1. The van der Waals surface area contributed by atoms with E-state index in [-0.39, 0.29) is 11.7 Å². The highest BCUT2D eigenvalue weighted by molar-refractivity contribution is 6.14. The number of hydrogen-bond acceptors (Lipinski definition) is 9. The molecule has 1 aliphatic carbocycles. The van der Waals surface area contributed by atoms with Crippen molar-refractivity contribution in [3.63, 3.8) is 0 Å². The molecule has 3 amide bonds. The number of nitrogens with one attached hydrogen (secondary N) is 4. The topological polar surface area (TPSA) is 148 Å². The first-order valence-electron chi connectivity index (χ1n) is 8.85. The maximum Gasteiger partial charge on any atom is 0.326 e. The van der Waals surface area contributed by atoms with Crippen LogP contribution in [0.5, 0.6) is 5.88 Å². The van der Waals surface area contributed by atoms with E-state index in [2.05, 4.69) is 36.3 Å². The van der Waals surface area contributed by atoms with Gasteiger partial charge in [-0.2, -0.15) is 14.6 Å². The summed E-state index contributed by atoms with van der Waals surface area (Å²) < 4.78 is 12.0. The molecular formula is C17H16N8O4. The number of nitrogens with zero attached hydrogens (tertiary/aromatic N) is 4. The van der Waals surface area contributed by atoms with Gasteiger partial charge in [0.15, 0.2) is 11.9 Å². The fourth-order valence-electron chi connectivity index (χ4n) is 2.84. The first-order chi connectivity index (χ1) is 14.1. The molecule has 0 radical (unpaired) electrons. The van der Waals surface area contributed by atoms with Crippen LogP contribution in [-0.4, -0.2) is 44.7 Å². The molecule has 0 unspecified atom stereocenters.